The molecule has 0 unspecified atom stereocenters. The molecule has 4 nitrogen and oxygen atoms in total. The molecule has 0 atom stereocenters. The number of rotatable bonds is 3. The van der Waals surface area contributed by atoms with Crippen molar-refractivity contribution in [1.82, 2.24) is 5.48 Å². The molecule has 0 aromatic heterocycles. The van der Waals surface area contributed by atoms with E-state index in [0.717, 1.165) is 5.56 Å². The Labute approximate surface area is 83.0 Å². The van der Waals surface area contributed by atoms with Crippen LogP contribution in [-0.4, -0.2) is 12.5 Å². The van der Waals surface area contributed by atoms with Gasteiger partial charge in [0.1, 0.15) is 0 Å². The first kappa shape index (κ1) is 10.5. The molecule has 0 spiro atoms. The van der Waals surface area contributed by atoms with Crippen molar-refractivity contribution in [3.63, 3.8) is 0 Å². The number of carbonyl (C=O) groups excluding carboxylic acids is 1. The Hall–Kier alpha value is -1.55. The molecule has 1 aromatic carbocycles. The molecule has 0 bridgehead atoms. The van der Waals surface area contributed by atoms with Gasteiger partial charge < -0.3 is 5.73 Å². The zero-order valence-electron chi connectivity index (χ0n) is 8.33. The number of nitrogens with two attached hydrogens (primary N) is 1. The molecule has 0 saturated carbocycles. The van der Waals surface area contributed by atoms with Gasteiger partial charge in [-0.3, -0.25) is 9.63 Å². The molecular formula is C10H14N2O2. The number of nitrogen functional groups attached to an aromatic ring is 1. The predicted octanol–water partition coefficient (Wildman–Crippen LogP) is 1.26. The second-order valence-electron chi connectivity index (χ2n) is 2.94. The Morgan fingerprint density at radius 2 is 2.29 bits per heavy atom. The lowest BCUT2D eigenvalue weighted by Gasteiger charge is -2.05. The number of carbonyl (C=O) groups is 1. The van der Waals surface area contributed by atoms with Gasteiger partial charge in [-0.1, -0.05) is 0 Å². The second-order valence-corrected chi connectivity index (χ2v) is 2.94. The highest BCUT2D eigenvalue weighted by Gasteiger charge is 2.05. The lowest BCUT2D eigenvalue weighted by atomic mass is 10.1. The van der Waals surface area contributed by atoms with Gasteiger partial charge in [-0.2, -0.15) is 0 Å². The molecule has 3 N–H and O–H groups in total. The summed E-state index contributed by atoms with van der Waals surface area (Å²) in [4.78, 5) is 16.2. The van der Waals surface area contributed by atoms with Crippen molar-refractivity contribution in [2.75, 3.05) is 12.3 Å². The van der Waals surface area contributed by atoms with Crippen molar-refractivity contribution in [1.29, 1.82) is 0 Å². The first-order valence-corrected chi connectivity index (χ1v) is 4.43. The average molecular weight is 194 g/mol. The van der Waals surface area contributed by atoms with Crippen LogP contribution in [0.4, 0.5) is 5.69 Å². The first-order valence-electron chi connectivity index (χ1n) is 4.43. The average Bonchev–Trinajstić information content (AvgIpc) is 2.18. The molecule has 0 fully saturated rings. The van der Waals surface area contributed by atoms with E-state index in [1.165, 1.54) is 0 Å². The van der Waals surface area contributed by atoms with Crippen LogP contribution in [0.15, 0.2) is 18.2 Å². The van der Waals surface area contributed by atoms with Crippen molar-refractivity contribution < 1.29 is 9.63 Å². The summed E-state index contributed by atoms with van der Waals surface area (Å²) in [6.07, 6.45) is 0. The van der Waals surface area contributed by atoms with Gasteiger partial charge in [0.05, 0.1) is 6.61 Å². The molecule has 1 rings (SSSR count). The van der Waals surface area contributed by atoms with Crippen LogP contribution in [-0.2, 0) is 4.84 Å². The summed E-state index contributed by atoms with van der Waals surface area (Å²) in [5.41, 5.74) is 10.1. The Morgan fingerprint density at radius 3 is 2.86 bits per heavy atom. The lowest BCUT2D eigenvalue weighted by molar-refractivity contribution is 0.0364. The number of amides is 1. The minimum atomic E-state index is -0.255. The third kappa shape index (κ3) is 2.47. The topological polar surface area (TPSA) is 64.3 Å². The minimum absolute atomic E-state index is 0.255. The normalized spacial score (nSPS) is 9.86. The smallest absolute Gasteiger partial charge is 0.274 e. The first-order chi connectivity index (χ1) is 6.65. The van der Waals surface area contributed by atoms with Crippen LogP contribution in [0.25, 0.3) is 0 Å². The van der Waals surface area contributed by atoms with Gasteiger partial charge in [-0.15, -0.1) is 0 Å². The van der Waals surface area contributed by atoms with Crippen molar-refractivity contribution >= 4 is 11.6 Å². The third-order valence-corrected chi connectivity index (χ3v) is 1.84. The van der Waals surface area contributed by atoms with E-state index in [9.17, 15) is 4.79 Å². The van der Waals surface area contributed by atoms with Gasteiger partial charge in [0, 0.05) is 11.3 Å². The number of aryl methyl sites for hydroxylation is 1. The fourth-order valence-corrected chi connectivity index (χ4v) is 1.01. The van der Waals surface area contributed by atoms with Crippen LogP contribution >= 0.6 is 0 Å². The highest BCUT2D eigenvalue weighted by atomic mass is 16.6. The standard InChI is InChI=1S/C10H14N2O2/c1-3-14-12-10(13)8-4-5-9(11)7(2)6-8/h4-6H,3,11H2,1-2H3,(H,12,13). The Bertz CT molecular complexity index is 337. The molecule has 0 saturated heterocycles. The second kappa shape index (κ2) is 4.62. The van der Waals surface area contributed by atoms with Crippen LogP contribution < -0.4 is 11.2 Å². The number of hydrogen-bond acceptors (Lipinski definition) is 3. The summed E-state index contributed by atoms with van der Waals surface area (Å²) in [6.45, 7) is 4.10. The van der Waals surface area contributed by atoms with E-state index >= 15 is 0 Å². The van der Waals surface area contributed by atoms with Crippen molar-refractivity contribution in [2.24, 2.45) is 0 Å². The van der Waals surface area contributed by atoms with Crippen LogP contribution in [0.2, 0.25) is 0 Å². The Kier molecular flexibility index (Phi) is 3.48. The van der Waals surface area contributed by atoms with Gasteiger partial charge in [0.15, 0.2) is 0 Å². The lowest BCUT2D eigenvalue weighted by Crippen LogP contribution is -2.23. The van der Waals surface area contributed by atoms with Crippen LogP contribution in [0, 0.1) is 6.92 Å². The molecule has 4 heteroatoms. The summed E-state index contributed by atoms with van der Waals surface area (Å²) in [6, 6.07) is 5.09. The molecule has 0 heterocycles. The molecule has 76 valence electrons. The summed E-state index contributed by atoms with van der Waals surface area (Å²) in [5, 5.41) is 0. The molecule has 1 aromatic rings. The number of hydroxylamine groups is 1. The van der Waals surface area contributed by atoms with E-state index in [2.05, 4.69) is 5.48 Å². The van der Waals surface area contributed by atoms with Gasteiger partial charge in [-0.05, 0) is 37.6 Å². The van der Waals surface area contributed by atoms with E-state index in [4.69, 9.17) is 10.6 Å². The fourth-order valence-electron chi connectivity index (χ4n) is 1.01. The van der Waals surface area contributed by atoms with E-state index in [1.54, 1.807) is 25.1 Å². The quantitative estimate of drug-likeness (QED) is 0.562. The van der Waals surface area contributed by atoms with Crippen LogP contribution in [0.5, 0.6) is 0 Å². The Balaban J connectivity index is 2.76. The maximum atomic E-state index is 11.4. The maximum absolute atomic E-state index is 11.4. The predicted molar refractivity (Wildman–Crippen MR) is 54.7 cm³/mol. The van der Waals surface area contributed by atoms with Gasteiger partial charge in [-0.25, -0.2) is 5.48 Å². The SMILES string of the molecule is CCONC(=O)c1ccc(N)c(C)c1. The van der Waals surface area contributed by atoms with Crippen molar-refractivity contribution in [2.45, 2.75) is 13.8 Å². The van der Waals surface area contributed by atoms with Crippen LogP contribution in [0.1, 0.15) is 22.8 Å². The summed E-state index contributed by atoms with van der Waals surface area (Å²) in [7, 11) is 0. The highest BCUT2D eigenvalue weighted by molar-refractivity contribution is 5.94. The zero-order chi connectivity index (χ0) is 10.6. The van der Waals surface area contributed by atoms with E-state index in [0.29, 0.717) is 17.9 Å². The van der Waals surface area contributed by atoms with Gasteiger partial charge in [0.2, 0.25) is 0 Å². The molecule has 0 aliphatic rings. The number of anilines is 1. The molecule has 14 heavy (non-hydrogen) atoms. The highest BCUT2D eigenvalue weighted by Crippen LogP contribution is 2.12. The van der Waals surface area contributed by atoms with E-state index in [1.807, 2.05) is 6.92 Å². The summed E-state index contributed by atoms with van der Waals surface area (Å²) >= 11 is 0. The van der Waals surface area contributed by atoms with Crippen molar-refractivity contribution in [3.8, 4) is 0 Å². The summed E-state index contributed by atoms with van der Waals surface area (Å²) in [5.74, 6) is -0.255. The van der Waals surface area contributed by atoms with Gasteiger partial charge in [0.25, 0.3) is 5.91 Å². The summed E-state index contributed by atoms with van der Waals surface area (Å²) < 4.78 is 0. The zero-order valence-corrected chi connectivity index (χ0v) is 8.33. The monoisotopic (exact) mass is 194 g/mol. The molecule has 1 amide bonds. The third-order valence-electron chi connectivity index (χ3n) is 1.84. The molecule has 0 aliphatic carbocycles. The van der Waals surface area contributed by atoms with Crippen molar-refractivity contribution in [3.05, 3.63) is 29.3 Å². The molecule has 0 radical (unpaired) electrons. The number of benzene rings is 1. The maximum Gasteiger partial charge on any atom is 0.274 e. The fraction of sp³-hybridized carbons (Fsp3) is 0.300. The molecule has 0 aliphatic heterocycles. The number of hydrogen-bond donors (Lipinski definition) is 2. The molecular weight excluding hydrogens is 180 g/mol. The number of nitrogens with one attached hydrogen (secondary N) is 1. The van der Waals surface area contributed by atoms with E-state index in [-0.39, 0.29) is 5.91 Å². The Morgan fingerprint density at radius 1 is 1.57 bits per heavy atom. The minimum Gasteiger partial charge on any atom is -0.399 e. The van der Waals surface area contributed by atoms with Crippen LogP contribution in [0.3, 0.4) is 0 Å². The van der Waals surface area contributed by atoms with E-state index < -0.39 is 0 Å². The van der Waals surface area contributed by atoms with Gasteiger partial charge >= 0.3 is 0 Å². The largest absolute Gasteiger partial charge is 0.399 e.